The fourth-order valence-electron chi connectivity index (χ4n) is 3.98. The topological polar surface area (TPSA) is 86.8 Å². The second-order valence-corrected chi connectivity index (χ2v) is 11.3. The molecule has 1 atom stereocenters. The Bertz CT molecular complexity index is 1350. The van der Waals surface area contributed by atoms with Crippen LogP contribution in [-0.2, 0) is 26.2 Å². The highest BCUT2D eigenvalue weighted by Crippen LogP contribution is 2.31. The van der Waals surface area contributed by atoms with Crippen LogP contribution in [0.1, 0.15) is 32.3 Å². The van der Waals surface area contributed by atoms with E-state index >= 15 is 0 Å². The fourth-order valence-corrected chi connectivity index (χ4v) is 5.92. The molecule has 0 unspecified atom stereocenters. The molecule has 10 heteroatoms. The maximum Gasteiger partial charge on any atom is 0.264 e. The average Bonchev–Trinajstić information content (AvgIpc) is 2.92. The van der Waals surface area contributed by atoms with Crippen LogP contribution in [0.2, 0.25) is 10.0 Å². The van der Waals surface area contributed by atoms with Gasteiger partial charge in [-0.2, -0.15) is 0 Å². The summed E-state index contributed by atoms with van der Waals surface area (Å²) in [5.74, 6) is -0.882. The van der Waals surface area contributed by atoms with Gasteiger partial charge in [0.05, 0.1) is 15.6 Å². The van der Waals surface area contributed by atoms with Gasteiger partial charge in [-0.15, -0.1) is 0 Å². The highest BCUT2D eigenvalue weighted by Gasteiger charge is 2.34. The van der Waals surface area contributed by atoms with Crippen LogP contribution < -0.4 is 9.62 Å². The highest BCUT2D eigenvalue weighted by molar-refractivity contribution is 7.92. The molecule has 0 saturated carbocycles. The van der Waals surface area contributed by atoms with E-state index in [1.807, 2.05) is 6.92 Å². The van der Waals surface area contributed by atoms with Crippen molar-refractivity contribution < 1.29 is 18.0 Å². The summed E-state index contributed by atoms with van der Waals surface area (Å²) >= 11 is 12.8. The van der Waals surface area contributed by atoms with Crippen LogP contribution >= 0.6 is 23.2 Å². The number of para-hydroxylation sites is 1. The maximum absolute atomic E-state index is 14.0. The molecule has 0 aliphatic heterocycles. The first-order chi connectivity index (χ1) is 18.2. The number of hydrogen-bond acceptors (Lipinski definition) is 4. The lowest BCUT2D eigenvalue weighted by atomic mass is 10.1. The molecule has 0 bridgehead atoms. The van der Waals surface area contributed by atoms with Crippen LogP contribution in [0.5, 0.6) is 0 Å². The average molecular weight is 577 g/mol. The van der Waals surface area contributed by atoms with Crippen LogP contribution in [0.15, 0.2) is 83.8 Å². The van der Waals surface area contributed by atoms with Gasteiger partial charge < -0.3 is 10.2 Å². The first-order valence-electron chi connectivity index (χ1n) is 12.3. The van der Waals surface area contributed by atoms with E-state index in [0.717, 1.165) is 10.7 Å². The number of benzene rings is 3. The Morgan fingerprint density at radius 2 is 1.47 bits per heavy atom. The number of sulfonamides is 1. The molecular formula is C28H31Cl2N3O4S. The van der Waals surface area contributed by atoms with Gasteiger partial charge in [0.2, 0.25) is 11.8 Å². The van der Waals surface area contributed by atoms with Gasteiger partial charge in [0.25, 0.3) is 10.0 Å². The monoisotopic (exact) mass is 575 g/mol. The number of amides is 2. The van der Waals surface area contributed by atoms with Crippen molar-refractivity contribution >= 4 is 50.7 Å². The van der Waals surface area contributed by atoms with Crippen molar-refractivity contribution in [3.8, 4) is 0 Å². The molecule has 0 aromatic heterocycles. The highest BCUT2D eigenvalue weighted by atomic mass is 35.5. The third-order valence-electron chi connectivity index (χ3n) is 5.96. The zero-order chi connectivity index (χ0) is 27.7. The number of rotatable bonds is 12. The Hall–Kier alpha value is -3.07. The molecule has 7 nitrogen and oxygen atoms in total. The van der Waals surface area contributed by atoms with Gasteiger partial charge in [0.15, 0.2) is 0 Å². The maximum atomic E-state index is 14.0. The molecule has 1 N–H and O–H groups in total. The second kappa shape index (κ2) is 13.6. The molecular weight excluding hydrogens is 545 g/mol. The van der Waals surface area contributed by atoms with E-state index in [9.17, 15) is 18.0 Å². The molecule has 3 aromatic rings. The minimum atomic E-state index is -4.18. The van der Waals surface area contributed by atoms with Crippen molar-refractivity contribution in [2.75, 3.05) is 17.4 Å². The van der Waals surface area contributed by atoms with Crippen molar-refractivity contribution in [3.05, 3.63) is 94.5 Å². The van der Waals surface area contributed by atoms with Gasteiger partial charge in [-0.25, -0.2) is 8.42 Å². The van der Waals surface area contributed by atoms with Gasteiger partial charge in [-0.1, -0.05) is 85.6 Å². The van der Waals surface area contributed by atoms with Crippen molar-refractivity contribution in [1.82, 2.24) is 10.2 Å². The molecule has 0 spiro atoms. The molecule has 0 heterocycles. The predicted octanol–water partition coefficient (Wildman–Crippen LogP) is 5.52. The van der Waals surface area contributed by atoms with Crippen LogP contribution in [0, 0.1) is 0 Å². The molecule has 0 radical (unpaired) electrons. The summed E-state index contributed by atoms with van der Waals surface area (Å²) in [6.45, 7) is 3.65. The number of nitrogens with zero attached hydrogens (tertiary/aromatic N) is 2. The van der Waals surface area contributed by atoms with Gasteiger partial charge in [-0.05, 0) is 48.7 Å². The Labute approximate surface area is 234 Å². The molecule has 0 aliphatic rings. The third kappa shape index (κ3) is 7.07. The molecule has 3 rings (SSSR count). The Morgan fingerprint density at radius 3 is 2.08 bits per heavy atom. The van der Waals surface area contributed by atoms with Crippen LogP contribution in [0.25, 0.3) is 0 Å². The lowest BCUT2D eigenvalue weighted by molar-refractivity contribution is -0.140. The van der Waals surface area contributed by atoms with E-state index < -0.39 is 28.5 Å². The van der Waals surface area contributed by atoms with E-state index in [1.54, 1.807) is 73.7 Å². The number of carbonyl (C=O) groups is 2. The smallest absolute Gasteiger partial charge is 0.264 e. The van der Waals surface area contributed by atoms with Crippen LogP contribution in [0.3, 0.4) is 0 Å². The summed E-state index contributed by atoms with van der Waals surface area (Å²) in [6.07, 6.45) is 1.06. The summed E-state index contributed by atoms with van der Waals surface area (Å²) in [5, 5.41) is 3.46. The molecule has 202 valence electrons. The summed E-state index contributed by atoms with van der Waals surface area (Å²) in [6, 6.07) is 20.5. The fraction of sp³-hybridized carbons (Fsp3) is 0.286. The molecule has 0 fully saturated rings. The van der Waals surface area contributed by atoms with Gasteiger partial charge >= 0.3 is 0 Å². The lowest BCUT2D eigenvalue weighted by Gasteiger charge is -2.33. The molecule has 2 amide bonds. The van der Waals surface area contributed by atoms with Gasteiger partial charge in [0.1, 0.15) is 12.6 Å². The molecule has 3 aromatic carbocycles. The van der Waals surface area contributed by atoms with E-state index in [4.69, 9.17) is 23.2 Å². The van der Waals surface area contributed by atoms with E-state index in [1.165, 1.54) is 17.0 Å². The van der Waals surface area contributed by atoms with Crippen molar-refractivity contribution in [3.63, 3.8) is 0 Å². The van der Waals surface area contributed by atoms with Crippen molar-refractivity contribution in [2.24, 2.45) is 0 Å². The number of anilines is 1. The molecule has 0 aliphatic carbocycles. The van der Waals surface area contributed by atoms with E-state index in [2.05, 4.69) is 5.32 Å². The minimum Gasteiger partial charge on any atom is -0.354 e. The zero-order valence-corrected chi connectivity index (χ0v) is 23.6. The van der Waals surface area contributed by atoms with E-state index in [-0.39, 0.29) is 28.1 Å². The number of carbonyl (C=O) groups excluding carboxylic acids is 2. The van der Waals surface area contributed by atoms with Crippen LogP contribution in [-0.4, -0.2) is 44.3 Å². The number of halogens is 2. The van der Waals surface area contributed by atoms with Crippen LogP contribution in [0.4, 0.5) is 5.69 Å². The Kier molecular flexibility index (Phi) is 10.6. The van der Waals surface area contributed by atoms with Gasteiger partial charge in [0, 0.05) is 18.1 Å². The summed E-state index contributed by atoms with van der Waals surface area (Å²) < 4.78 is 28.5. The SMILES string of the molecule is CCCNC(=O)[C@@H](CC)N(Cc1ccccc1Cl)C(=O)CN(c1ccccc1Cl)S(=O)(=O)c1ccccc1. The van der Waals surface area contributed by atoms with Crippen molar-refractivity contribution in [2.45, 2.75) is 44.2 Å². The Morgan fingerprint density at radius 1 is 0.868 bits per heavy atom. The lowest BCUT2D eigenvalue weighted by Crippen LogP contribution is -2.52. The Balaban J connectivity index is 2.06. The van der Waals surface area contributed by atoms with Gasteiger partial charge in [-0.3, -0.25) is 13.9 Å². The summed E-state index contributed by atoms with van der Waals surface area (Å²) in [7, 11) is -4.18. The standard InChI is InChI=1S/C28H31Cl2N3O4S/c1-3-18-31-28(35)25(4-2)32(19-21-12-8-9-15-23(21)29)27(34)20-33(26-17-11-10-16-24(26)30)38(36,37)22-13-6-5-7-14-22/h5-17,25H,3-4,18-20H2,1-2H3,(H,31,35)/t25-/m1/s1. The zero-order valence-electron chi connectivity index (χ0n) is 21.3. The van der Waals surface area contributed by atoms with E-state index in [0.29, 0.717) is 23.6 Å². The second-order valence-electron chi connectivity index (χ2n) is 8.60. The summed E-state index contributed by atoms with van der Waals surface area (Å²) in [5.41, 5.74) is 0.798. The molecule has 38 heavy (non-hydrogen) atoms. The summed E-state index contributed by atoms with van der Waals surface area (Å²) in [4.78, 5) is 28.5. The predicted molar refractivity (Wildman–Crippen MR) is 152 cm³/mol. The first-order valence-corrected chi connectivity index (χ1v) is 14.5. The number of hydrogen-bond donors (Lipinski definition) is 1. The number of nitrogens with one attached hydrogen (secondary N) is 1. The normalized spacial score (nSPS) is 12.0. The third-order valence-corrected chi connectivity index (χ3v) is 8.43. The first kappa shape index (κ1) is 29.5. The minimum absolute atomic E-state index is 0.0121. The molecule has 0 saturated heterocycles. The quantitative estimate of drug-likeness (QED) is 0.308. The largest absolute Gasteiger partial charge is 0.354 e. The van der Waals surface area contributed by atoms with Crippen molar-refractivity contribution in [1.29, 1.82) is 0 Å².